The van der Waals surface area contributed by atoms with Crippen molar-refractivity contribution < 1.29 is 52.1 Å². The standard InChI is InChI=1S/C42H43ClF2N8O9/c1-3-32(56)51-13-15-52(16-14-51)38-26-22-27(43)34(35-28(44)5-4-6-30(35)54)36(45)37(26)48-42(49-38)46-12-11-33(57)50(2)17-18-61-19-20-62-23-7-8-24-25(21-23)41(60)53(40(24)59)29-9-10-31(55)47-39(29)58/h3-5,7-8,21-22,29-30,54H,1,6,9-20H2,2H3,(H,46,48,49)(H,47,55,58). The van der Waals surface area contributed by atoms with Crippen LogP contribution in [0.15, 0.2) is 54.9 Å². The second-order valence-corrected chi connectivity index (χ2v) is 15.3. The van der Waals surface area contributed by atoms with Crippen molar-refractivity contribution >= 4 is 75.3 Å². The third-order valence-electron chi connectivity index (χ3n) is 10.9. The van der Waals surface area contributed by atoms with Gasteiger partial charge in [-0.3, -0.25) is 39.0 Å². The van der Waals surface area contributed by atoms with Crippen LogP contribution in [0.1, 0.15) is 52.0 Å². The van der Waals surface area contributed by atoms with Gasteiger partial charge in [-0.05, 0) is 49.3 Å². The number of halogens is 3. The van der Waals surface area contributed by atoms with Crippen LogP contribution in [0.3, 0.4) is 0 Å². The number of aliphatic hydroxyl groups is 1. The predicted octanol–water partition coefficient (Wildman–Crippen LogP) is 3.02. The molecule has 2 unspecified atom stereocenters. The molecule has 17 nitrogen and oxygen atoms in total. The molecule has 1 aliphatic carbocycles. The van der Waals surface area contributed by atoms with Gasteiger partial charge in [-0.2, -0.15) is 4.98 Å². The van der Waals surface area contributed by atoms with E-state index < -0.39 is 47.4 Å². The zero-order valence-corrected chi connectivity index (χ0v) is 34.4. The summed E-state index contributed by atoms with van der Waals surface area (Å²) in [7, 11) is 1.61. The third-order valence-corrected chi connectivity index (χ3v) is 11.2. The lowest BCUT2D eigenvalue weighted by Gasteiger charge is -2.35. The minimum absolute atomic E-state index is 0.00415. The smallest absolute Gasteiger partial charge is 0.262 e. The first-order valence-electron chi connectivity index (χ1n) is 19.9. The van der Waals surface area contributed by atoms with Gasteiger partial charge in [0.1, 0.15) is 35.6 Å². The van der Waals surface area contributed by atoms with Crippen LogP contribution in [-0.2, 0) is 23.9 Å². The minimum atomic E-state index is -1.33. The van der Waals surface area contributed by atoms with E-state index in [4.69, 9.17) is 21.1 Å². The van der Waals surface area contributed by atoms with Gasteiger partial charge in [0.05, 0.1) is 35.5 Å². The number of hydrogen-bond donors (Lipinski definition) is 3. The molecule has 3 aliphatic heterocycles. The molecule has 4 heterocycles. The lowest BCUT2D eigenvalue weighted by atomic mass is 9.92. The van der Waals surface area contributed by atoms with Crippen LogP contribution >= 0.6 is 11.6 Å². The SMILES string of the molecule is C=CC(=O)N1CCN(c2nc(NCCC(=O)N(C)CCOCCOc3ccc4c(c3)C(=O)N(C3CCC(=O)NC3=O)C4=O)nc3c(F)c(C4=C(F)C=CCC4O)c(Cl)cc23)CC1. The number of allylic oxidation sites excluding steroid dienone is 2. The normalized spacial score (nSPS) is 19.0. The average Bonchev–Trinajstić information content (AvgIpc) is 3.50. The number of aliphatic hydroxyl groups excluding tert-OH is 1. The van der Waals surface area contributed by atoms with Crippen LogP contribution < -0.4 is 20.3 Å². The number of carbonyl (C=O) groups is 6. The number of anilines is 2. The lowest BCUT2D eigenvalue weighted by Crippen LogP contribution is -2.54. The van der Waals surface area contributed by atoms with Gasteiger partial charge in [0.25, 0.3) is 11.8 Å². The first-order valence-corrected chi connectivity index (χ1v) is 20.3. The number of nitrogens with zero attached hydrogens (tertiary/aromatic N) is 6. The Bertz CT molecular complexity index is 2420. The number of piperazine rings is 1. The Kier molecular flexibility index (Phi) is 13.2. The van der Waals surface area contributed by atoms with Gasteiger partial charge in [0.2, 0.25) is 29.6 Å². The maximum atomic E-state index is 16.5. The fraction of sp³-hybridized carbons (Fsp3) is 0.381. The van der Waals surface area contributed by atoms with Crippen LogP contribution in [0.2, 0.25) is 5.02 Å². The van der Waals surface area contributed by atoms with Gasteiger partial charge in [0.15, 0.2) is 5.82 Å². The summed E-state index contributed by atoms with van der Waals surface area (Å²) in [4.78, 5) is 90.0. The van der Waals surface area contributed by atoms with Crippen molar-refractivity contribution in [1.29, 1.82) is 0 Å². The topological polar surface area (TPSA) is 204 Å². The molecule has 0 spiro atoms. The molecular formula is C42H43ClF2N8O9. The summed E-state index contributed by atoms with van der Waals surface area (Å²) in [5.41, 5.74) is -0.554. The number of nitrogens with one attached hydrogen (secondary N) is 2. The van der Waals surface area contributed by atoms with Gasteiger partial charge >= 0.3 is 0 Å². The van der Waals surface area contributed by atoms with E-state index in [1.807, 2.05) is 4.90 Å². The molecule has 326 valence electrons. The molecule has 0 radical (unpaired) electrons. The van der Waals surface area contributed by atoms with E-state index in [0.717, 1.165) is 11.0 Å². The Labute approximate surface area is 358 Å². The van der Waals surface area contributed by atoms with Crippen LogP contribution in [0.5, 0.6) is 5.75 Å². The third kappa shape index (κ3) is 9.00. The Balaban J connectivity index is 0.926. The number of amides is 6. The molecule has 2 saturated heterocycles. The van der Waals surface area contributed by atoms with Crippen molar-refractivity contribution in [2.45, 2.75) is 37.8 Å². The molecule has 2 atom stereocenters. The summed E-state index contributed by atoms with van der Waals surface area (Å²) < 4.78 is 42.8. The highest BCUT2D eigenvalue weighted by Gasteiger charge is 2.44. The number of hydrogen-bond acceptors (Lipinski definition) is 13. The number of piperidine rings is 1. The fourth-order valence-electron chi connectivity index (χ4n) is 7.63. The average molecular weight is 877 g/mol. The van der Waals surface area contributed by atoms with Crippen LogP contribution in [-0.4, -0.2) is 143 Å². The van der Waals surface area contributed by atoms with Gasteiger partial charge in [-0.1, -0.05) is 24.3 Å². The number of aromatic nitrogens is 2. The quantitative estimate of drug-likeness (QED) is 0.114. The highest BCUT2D eigenvalue weighted by molar-refractivity contribution is 6.33. The molecule has 20 heteroatoms. The van der Waals surface area contributed by atoms with Gasteiger partial charge in [0, 0.05) is 75.7 Å². The molecule has 0 bridgehead atoms. The lowest BCUT2D eigenvalue weighted by molar-refractivity contribution is -0.136. The summed E-state index contributed by atoms with van der Waals surface area (Å²) in [5.74, 6) is -4.04. The van der Waals surface area contributed by atoms with Gasteiger partial charge < -0.3 is 34.6 Å². The first kappa shape index (κ1) is 43.8. The summed E-state index contributed by atoms with van der Waals surface area (Å²) in [5, 5.41) is 15.9. The monoisotopic (exact) mass is 876 g/mol. The fourth-order valence-corrected chi connectivity index (χ4v) is 7.92. The minimum Gasteiger partial charge on any atom is -0.491 e. The molecule has 4 aliphatic rings. The molecular weight excluding hydrogens is 834 g/mol. The van der Waals surface area contributed by atoms with Crippen molar-refractivity contribution in [2.75, 3.05) is 76.4 Å². The number of imide groups is 2. The van der Waals surface area contributed by atoms with Crippen LogP contribution in [0.25, 0.3) is 16.5 Å². The van der Waals surface area contributed by atoms with Crippen molar-refractivity contribution in [3.8, 4) is 5.75 Å². The Hall–Kier alpha value is -6.31. The van der Waals surface area contributed by atoms with E-state index in [1.165, 1.54) is 41.3 Å². The number of ether oxygens (including phenoxy) is 2. The van der Waals surface area contributed by atoms with Gasteiger partial charge in [-0.15, -0.1) is 0 Å². The number of likely N-dealkylation sites (N-methyl/N-ethyl adjacent to an activating group) is 1. The highest BCUT2D eigenvalue weighted by atomic mass is 35.5. The van der Waals surface area contributed by atoms with E-state index in [2.05, 4.69) is 27.2 Å². The van der Waals surface area contributed by atoms with E-state index in [-0.39, 0.29) is 115 Å². The Morgan fingerprint density at radius 2 is 1.82 bits per heavy atom. The highest BCUT2D eigenvalue weighted by Crippen LogP contribution is 2.41. The molecule has 6 amide bonds. The summed E-state index contributed by atoms with van der Waals surface area (Å²) >= 11 is 6.57. The molecule has 62 heavy (non-hydrogen) atoms. The zero-order chi connectivity index (χ0) is 44.2. The second-order valence-electron chi connectivity index (χ2n) is 14.9. The second kappa shape index (κ2) is 18.8. The van der Waals surface area contributed by atoms with Crippen molar-refractivity contribution in [3.63, 3.8) is 0 Å². The molecule has 2 fully saturated rings. The number of carbonyl (C=O) groups excluding carboxylic acids is 6. The summed E-state index contributed by atoms with van der Waals surface area (Å²) in [6, 6.07) is 4.76. The van der Waals surface area contributed by atoms with E-state index in [1.54, 1.807) is 11.9 Å². The molecule has 1 aromatic heterocycles. The molecule has 3 N–H and O–H groups in total. The van der Waals surface area contributed by atoms with E-state index in [0.29, 0.717) is 37.7 Å². The zero-order valence-electron chi connectivity index (χ0n) is 33.6. The van der Waals surface area contributed by atoms with Gasteiger partial charge in [-0.25, -0.2) is 13.8 Å². The van der Waals surface area contributed by atoms with Crippen molar-refractivity contribution in [1.82, 2.24) is 30.0 Å². The molecule has 2 aromatic carbocycles. The summed E-state index contributed by atoms with van der Waals surface area (Å²) in [6.07, 6.45) is 2.62. The largest absolute Gasteiger partial charge is 0.491 e. The first-order chi connectivity index (χ1) is 29.8. The molecule has 0 saturated carbocycles. The predicted molar refractivity (Wildman–Crippen MR) is 221 cm³/mol. The Morgan fingerprint density at radius 1 is 1.06 bits per heavy atom. The maximum absolute atomic E-state index is 16.5. The van der Waals surface area contributed by atoms with Crippen LogP contribution in [0, 0.1) is 5.82 Å². The number of fused-ring (bicyclic) bond motifs is 2. The van der Waals surface area contributed by atoms with Crippen LogP contribution in [0.4, 0.5) is 20.5 Å². The van der Waals surface area contributed by atoms with Crippen molar-refractivity contribution in [3.05, 3.63) is 82.4 Å². The number of rotatable bonds is 15. The maximum Gasteiger partial charge on any atom is 0.262 e. The Morgan fingerprint density at radius 3 is 2.55 bits per heavy atom. The van der Waals surface area contributed by atoms with E-state index >= 15 is 4.39 Å². The van der Waals surface area contributed by atoms with E-state index in [9.17, 15) is 38.3 Å². The summed E-state index contributed by atoms with van der Waals surface area (Å²) in [6.45, 7) is 5.63. The van der Waals surface area contributed by atoms with Crippen molar-refractivity contribution in [2.24, 2.45) is 0 Å². The number of benzene rings is 2. The molecule has 3 aromatic rings. The molecule has 7 rings (SSSR count).